The van der Waals surface area contributed by atoms with Gasteiger partial charge in [-0.3, -0.25) is 4.79 Å². The smallest absolute Gasteiger partial charge is 0.223 e. The van der Waals surface area contributed by atoms with Gasteiger partial charge >= 0.3 is 0 Å². The van der Waals surface area contributed by atoms with Crippen molar-refractivity contribution < 1.29 is 9.53 Å². The van der Waals surface area contributed by atoms with Crippen LogP contribution in [0.4, 0.5) is 0 Å². The lowest BCUT2D eigenvalue weighted by Crippen LogP contribution is -2.49. The normalized spacial score (nSPS) is 30.2. The molecular weight excluding hydrogens is 324 g/mol. The van der Waals surface area contributed by atoms with E-state index in [0.717, 1.165) is 77.7 Å². The molecule has 4 nitrogen and oxygen atoms in total. The second-order valence-corrected chi connectivity index (χ2v) is 8.29. The summed E-state index contributed by atoms with van der Waals surface area (Å²) < 4.78 is 5.83. The molecular formula is C22H32N2O2. The summed E-state index contributed by atoms with van der Waals surface area (Å²) in [6, 6.07) is 10.8. The maximum atomic E-state index is 12.6. The highest BCUT2D eigenvalue weighted by Gasteiger charge is 2.46. The third-order valence-corrected chi connectivity index (χ3v) is 6.66. The molecule has 3 aliphatic heterocycles. The number of carbonyl (C=O) groups is 1. The van der Waals surface area contributed by atoms with Gasteiger partial charge in [-0.15, -0.1) is 0 Å². The standard InChI is InChI=1S/C22H32N2O2/c25-21-9-12-22(24(21)18-20-8-4-17-26-20)11-5-14-23(16-13-22)15-10-19-6-2-1-3-7-19/h1-3,6-7,20H,4-5,8-18H2. The van der Waals surface area contributed by atoms with Crippen LogP contribution in [-0.2, 0) is 16.0 Å². The lowest BCUT2D eigenvalue weighted by atomic mass is 9.87. The molecule has 0 aromatic heterocycles. The maximum Gasteiger partial charge on any atom is 0.223 e. The number of hydrogen-bond acceptors (Lipinski definition) is 3. The van der Waals surface area contributed by atoms with Gasteiger partial charge in [-0.2, -0.15) is 0 Å². The zero-order valence-electron chi connectivity index (χ0n) is 15.9. The van der Waals surface area contributed by atoms with Gasteiger partial charge in [0.15, 0.2) is 0 Å². The topological polar surface area (TPSA) is 32.8 Å². The fourth-order valence-electron chi connectivity index (χ4n) is 5.07. The Kier molecular flexibility index (Phi) is 5.60. The van der Waals surface area contributed by atoms with Crippen molar-refractivity contribution in [3.05, 3.63) is 35.9 Å². The summed E-state index contributed by atoms with van der Waals surface area (Å²) in [7, 11) is 0. The summed E-state index contributed by atoms with van der Waals surface area (Å²) >= 11 is 0. The molecule has 0 bridgehead atoms. The van der Waals surface area contributed by atoms with Crippen molar-refractivity contribution in [2.24, 2.45) is 0 Å². The van der Waals surface area contributed by atoms with Gasteiger partial charge in [-0.25, -0.2) is 0 Å². The zero-order valence-corrected chi connectivity index (χ0v) is 15.9. The fraction of sp³-hybridized carbons (Fsp3) is 0.682. The highest BCUT2D eigenvalue weighted by molar-refractivity contribution is 5.79. The van der Waals surface area contributed by atoms with Gasteiger partial charge in [0, 0.05) is 38.2 Å². The van der Waals surface area contributed by atoms with E-state index >= 15 is 0 Å². The van der Waals surface area contributed by atoms with Gasteiger partial charge in [-0.1, -0.05) is 30.3 Å². The predicted octanol–water partition coefficient (Wildman–Crippen LogP) is 3.26. The molecule has 4 heteroatoms. The highest BCUT2D eigenvalue weighted by atomic mass is 16.5. The average Bonchev–Trinajstić information content (AvgIpc) is 3.22. The summed E-state index contributed by atoms with van der Waals surface area (Å²) in [5.41, 5.74) is 1.52. The van der Waals surface area contributed by atoms with E-state index in [1.165, 1.54) is 12.0 Å². The van der Waals surface area contributed by atoms with Crippen molar-refractivity contribution in [3.8, 4) is 0 Å². The van der Waals surface area contributed by atoms with Crippen LogP contribution in [0.2, 0.25) is 0 Å². The number of rotatable bonds is 5. The van der Waals surface area contributed by atoms with Crippen molar-refractivity contribution in [1.82, 2.24) is 9.80 Å². The minimum Gasteiger partial charge on any atom is -0.376 e. The third-order valence-electron chi connectivity index (χ3n) is 6.66. The Bertz CT molecular complexity index is 599. The summed E-state index contributed by atoms with van der Waals surface area (Å²) in [6.07, 6.45) is 8.91. The quantitative estimate of drug-likeness (QED) is 0.812. The van der Waals surface area contributed by atoms with E-state index in [1.807, 2.05) is 0 Å². The summed E-state index contributed by atoms with van der Waals surface area (Å²) in [4.78, 5) is 17.4. The van der Waals surface area contributed by atoms with Crippen LogP contribution in [0.5, 0.6) is 0 Å². The summed E-state index contributed by atoms with van der Waals surface area (Å²) in [6.45, 7) is 5.09. The number of carbonyl (C=O) groups excluding carboxylic acids is 1. The zero-order chi connectivity index (χ0) is 17.8. The lowest BCUT2D eigenvalue weighted by molar-refractivity contribution is -0.133. The number of nitrogens with zero attached hydrogens (tertiary/aromatic N) is 2. The molecule has 0 radical (unpaired) electrons. The van der Waals surface area contributed by atoms with Crippen LogP contribution >= 0.6 is 0 Å². The Labute approximate surface area is 157 Å². The first-order valence-electron chi connectivity index (χ1n) is 10.4. The second-order valence-electron chi connectivity index (χ2n) is 8.29. The average molecular weight is 357 g/mol. The van der Waals surface area contributed by atoms with Crippen LogP contribution in [0.1, 0.15) is 50.5 Å². The molecule has 2 unspecified atom stereocenters. The molecule has 0 N–H and O–H groups in total. The minimum atomic E-state index is 0.102. The fourth-order valence-corrected chi connectivity index (χ4v) is 5.07. The molecule has 3 aliphatic rings. The van der Waals surface area contributed by atoms with Crippen LogP contribution < -0.4 is 0 Å². The molecule has 1 spiro atoms. The molecule has 1 aromatic carbocycles. The first-order valence-corrected chi connectivity index (χ1v) is 10.4. The molecule has 2 atom stereocenters. The number of hydrogen-bond donors (Lipinski definition) is 0. The molecule has 1 amide bonds. The van der Waals surface area contributed by atoms with Crippen molar-refractivity contribution in [1.29, 1.82) is 0 Å². The Morgan fingerprint density at radius 3 is 2.77 bits per heavy atom. The van der Waals surface area contributed by atoms with E-state index in [4.69, 9.17) is 4.74 Å². The van der Waals surface area contributed by atoms with Gasteiger partial charge in [0.05, 0.1) is 6.10 Å². The van der Waals surface area contributed by atoms with Crippen molar-refractivity contribution in [3.63, 3.8) is 0 Å². The lowest BCUT2D eigenvalue weighted by Gasteiger charge is -2.39. The van der Waals surface area contributed by atoms with Gasteiger partial charge in [0.25, 0.3) is 0 Å². The molecule has 142 valence electrons. The van der Waals surface area contributed by atoms with Crippen molar-refractivity contribution >= 4 is 5.91 Å². The van der Waals surface area contributed by atoms with Gasteiger partial charge < -0.3 is 14.5 Å². The first-order chi connectivity index (χ1) is 12.8. The maximum absolute atomic E-state index is 12.6. The van der Waals surface area contributed by atoms with Crippen molar-refractivity contribution in [2.75, 3.05) is 32.8 Å². The Balaban J connectivity index is 1.36. The van der Waals surface area contributed by atoms with E-state index in [2.05, 4.69) is 40.1 Å². The van der Waals surface area contributed by atoms with Crippen molar-refractivity contribution in [2.45, 2.75) is 63.0 Å². The van der Waals surface area contributed by atoms with Crippen LogP contribution in [0.15, 0.2) is 30.3 Å². The highest BCUT2D eigenvalue weighted by Crippen LogP contribution is 2.39. The van der Waals surface area contributed by atoms with E-state index in [-0.39, 0.29) is 11.6 Å². The van der Waals surface area contributed by atoms with Crippen LogP contribution in [0.25, 0.3) is 0 Å². The Morgan fingerprint density at radius 1 is 1.08 bits per heavy atom. The van der Waals surface area contributed by atoms with E-state index in [9.17, 15) is 4.79 Å². The Hall–Kier alpha value is -1.39. The largest absolute Gasteiger partial charge is 0.376 e. The molecule has 3 saturated heterocycles. The Morgan fingerprint density at radius 2 is 1.96 bits per heavy atom. The molecule has 1 aromatic rings. The number of ether oxygens (including phenoxy) is 1. The molecule has 26 heavy (non-hydrogen) atoms. The second kappa shape index (κ2) is 8.10. The number of benzene rings is 1. The summed E-state index contributed by atoms with van der Waals surface area (Å²) in [5, 5.41) is 0. The van der Waals surface area contributed by atoms with E-state index in [0.29, 0.717) is 5.91 Å². The molecule has 0 aliphatic carbocycles. The van der Waals surface area contributed by atoms with Gasteiger partial charge in [0.1, 0.15) is 0 Å². The number of likely N-dealkylation sites (tertiary alicyclic amines) is 2. The van der Waals surface area contributed by atoms with E-state index in [1.54, 1.807) is 0 Å². The predicted molar refractivity (Wildman–Crippen MR) is 103 cm³/mol. The monoisotopic (exact) mass is 356 g/mol. The molecule has 3 fully saturated rings. The number of amides is 1. The van der Waals surface area contributed by atoms with Gasteiger partial charge in [0.2, 0.25) is 5.91 Å². The molecule has 0 saturated carbocycles. The van der Waals surface area contributed by atoms with Crippen LogP contribution in [-0.4, -0.2) is 60.1 Å². The van der Waals surface area contributed by atoms with Crippen LogP contribution in [0.3, 0.4) is 0 Å². The van der Waals surface area contributed by atoms with Gasteiger partial charge in [-0.05, 0) is 57.1 Å². The van der Waals surface area contributed by atoms with Crippen LogP contribution in [0, 0.1) is 0 Å². The van der Waals surface area contributed by atoms with E-state index < -0.39 is 0 Å². The SMILES string of the molecule is O=C1CCC2(CCCN(CCc3ccccc3)CC2)N1CC1CCCO1. The summed E-state index contributed by atoms with van der Waals surface area (Å²) in [5.74, 6) is 0.359. The first kappa shape index (κ1) is 18.0. The molecule has 3 heterocycles. The molecule has 4 rings (SSSR count). The minimum absolute atomic E-state index is 0.102. The third kappa shape index (κ3) is 3.96.